The van der Waals surface area contributed by atoms with Gasteiger partial charge in [0.25, 0.3) is 0 Å². The lowest BCUT2D eigenvalue weighted by molar-refractivity contribution is -0.0949. The van der Waals surface area contributed by atoms with Crippen molar-refractivity contribution >= 4 is 0 Å². The number of rotatable bonds is 4. The normalized spacial score (nSPS) is 38.6. The van der Waals surface area contributed by atoms with Crippen molar-refractivity contribution in [2.75, 3.05) is 0 Å². The molecule has 2 fully saturated rings. The zero-order valence-corrected chi connectivity index (χ0v) is 11.5. The molecular weight excluding hydrogens is 244 g/mol. The van der Waals surface area contributed by atoms with E-state index in [4.69, 9.17) is 4.74 Å². The van der Waals surface area contributed by atoms with Gasteiger partial charge >= 0.3 is 0 Å². The van der Waals surface area contributed by atoms with E-state index in [0.29, 0.717) is 19.3 Å². The Morgan fingerprint density at radius 2 is 2.05 bits per heavy atom. The van der Waals surface area contributed by atoms with E-state index in [0.717, 1.165) is 19.3 Å². The van der Waals surface area contributed by atoms with Gasteiger partial charge in [-0.05, 0) is 12.8 Å². The zero-order chi connectivity index (χ0) is 13.8. The third kappa shape index (κ3) is 3.70. The maximum atomic E-state index is 9.96. The molecule has 0 aromatic heterocycles. The Morgan fingerprint density at radius 3 is 2.79 bits per heavy atom. The highest BCUT2D eigenvalue weighted by molar-refractivity contribution is 5.15. The number of hydrogen-bond acceptors (Lipinski definition) is 4. The average molecular weight is 268 g/mol. The summed E-state index contributed by atoms with van der Waals surface area (Å²) in [5.74, 6) is 5.78. The van der Waals surface area contributed by atoms with Crippen molar-refractivity contribution in [2.24, 2.45) is 11.8 Å². The molecule has 0 unspecified atom stereocenters. The highest BCUT2D eigenvalue weighted by Crippen LogP contribution is 2.42. The summed E-state index contributed by atoms with van der Waals surface area (Å²) < 4.78 is 5.34. The van der Waals surface area contributed by atoms with Gasteiger partial charge in [-0.1, -0.05) is 31.6 Å². The summed E-state index contributed by atoms with van der Waals surface area (Å²) >= 11 is 0. The van der Waals surface area contributed by atoms with Gasteiger partial charge in [-0.2, -0.15) is 0 Å². The van der Waals surface area contributed by atoms with Gasteiger partial charge in [-0.15, -0.1) is 0 Å². The van der Waals surface area contributed by atoms with Gasteiger partial charge in [0.15, 0.2) is 6.29 Å². The minimum Gasteiger partial charge on any atom is -0.392 e. The summed E-state index contributed by atoms with van der Waals surface area (Å²) in [6.07, 6.45) is 3.06. The van der Waals surface area contributed by atoms with Crippen molar-refractivity contribution in [3.05, 3.63) is 0 Å². The fraction of sp³-hybridized carbons (Fsp3) is 0.867. The number of fused-ring (bicyclic) bond motifs is 1. The number of ether oxygens (including phenoxy) is 1. The molecule has 2 aliphatic rings. The van der Waals surface area contributed by atoms with Crippen LogP contribution in [0.5, 0.6) is 0 Å². The van der Waals surface area contributed by atoms with Crippen LogP contribution in [0.1, 0.15) is 45.4 Å². The summed E-state index contributed by atoms with van der Waals surface area (Å²) in [5.41, 5.74) is 0. The minimum atomic E-state index is -0.721. The summed E-state index contributed by atoms with van der Waals surface area (Å²) in [7, 11) is 0. The topological polar surface area (TPSA) is 69.9 Å². The van der Waals surface area contributed by atoms with Gasteiger partial charge in [-0.25, -0.2) is 0 Å². The Balaban J connectivity index is 1.87. The molecule has 4 heteroatoms. The Labute approximate surface area is 114 Å². The van der Waals surface area contributed by atoms with Crippen LogP contribution in [0.25, 0.3) is 0 Å². The quantitative estimate of drug-likeness (QED) is 0.526. The average Bonchev–Trinajstić information content (AvgIpc) is 2.82. The van der Waals surface area contributed by atoms with Gasteiger partial charge in [0.2, 0.25) is 0 Å². The second kappa shape index (κ2) is 6.71. The molecule has 0 aromatic rings. The van der Waals surface area contributed by atoms with Crippen molar-refractivity contribution < 1.29 is 20.1 Å². The van der Waals surface area contributed by atoms with E-state index in [1.54, 1.807) is 0 Å². The van der Waals surface area contributed by atoms with Crippen LogP contribution in [-0.4, -0.2) is 39.9 Å². The van der Waals surface area contributed by atoms with Crippen molar-refractivity contribution in [3.63, 3.8) is 0 Å². The highest BCUT2D eigenvalue weighted by Gasteiger charge is 2.48. The maximum Gasteiger partial charge on any atom is 0.155 e. The second-order valence-electron chi connectivity index (χ2n) is 5.66. The number of aliphatic hydroxyl groups excluding tert-OH is 3. The molecular formula is C15H24O4. The van der Waals surface area contributed by atoms with Crippen molar-refractivity contribution in [2.45, 2.75) is 70.1 Å². The fourth-order valence-corrected chi connectivity index (χ4v) is 3.08. The summed E-state index contributed by atoms with van der Waals surface area (Å²) in [6, 6.07) is 0. The predicted molar refractivity (Wildman–Crippen MR) is 71.0 cm³/mol. The van der Waals surface area contributed by atoms with E-state index in [2.05, 4.69) is 18.8 Å². The Bertz CT molecular complexity index is 346. The summed E-state index contributed by atoms with van der Waals surface area (Å²) in [6.45, 7) is 2.12. The molecule has 1 aliphatic carbocycles. The van der Waals surface area contributed by atoms with Crippen molar-refractivity contribution in [1.82, 2.24) is 0 Å². The molecule has 0 spiro atoms. The van der Waals surface area contributed by atoms with E-state index in [1.165, 1.54) is 0 Å². The molecule has 1 saturated heterocycles. The summed E-state index contributed by atoms with van der Waals surface area (Å²) in [5, 5.41) is 29.2. The molecule has 4 nitrogen and oxygen atoms in total. The third-order valence-corrected chi connectivity index (χ3v) is 4.13. The standard InChI is InChI=1S/C15H24O4/c1-2-3-4-5-10(16)6-7-11-12-8-15(18)19-14(12)9-13(11)17/h10-18H,2-5,8-9H2,1H3/t10-,11-,12-,13+,14-,15+/m0/s1. The largest absolute Gasteiger partial charge is 0.392 e. The first-order valence-corrected chi connectivity index (χ1v) is 7.32. The number of unbranched alkanes of at least 4 members (excludes halogenated alkanes) is 2. The third-order valence-electron chi connectivity index (χ3n) is 4.13. The SMILES string of the molecule is CCCCC[C@H](O)C#C[C@H]1[C@@H]2C[C@H](O)O[C@H]2C[C@H]1O. The molecule has 6 atom stereocenters. The minimum absolute atomic E-state index is 0.0819. The zero-order valence-electron chi connectivity index (χ0n) is 11.5. The molecule has 1 saturated carbocycles. The fourth-order valence-electron chi connectivity index (χ4n) is 3.08. The lowest BCUT2D eigenvalue weighted by Crippen LogP contribution is -2.19. The molecule has 2 rings (SSSR count). The molecule has 3 N–H and O–H groups in total. The van der Waals surface area contributed by atoms with E-state index in [9.17, 15) is 15.3 Å². The lowest BCUT2D eigenvalue weighted by Gasteiger charge is -2.13. The first-order valence-electron chi connectivity index (χ1n) is 7.32. The maximum absolute atomic E-state index is 9.96. The molecule has 0 bridgehead atoms. The van der Waals surface area contributed by atoms with E-state index in [1.807, 2.05) is 0 Å². The molecule has 1 aliphatic heterocycles. The Morgan fingerprint density at radius 1 is 1.26 bits per heavy atom. The van der Waals surface area contributed by atoms with E-state index >= 15 is 0 Å². The first kappa shape index (κ1) is 14.8. The van der Waals surface area contributed by atoms with Crippen LogP contribution in [0.15, 0.2) is 0 Å². The molecule has 108 valence electrons. The van der Waals surface area contributed by atoms with Crippen LogP contribution >= 0.6 is 0 Å². The summed E-state index contributed by atoms with van der Waals surface area (Å²) in [4.78, 5) is 0. The van der Waals surface area contributed by atoms with Crippen molar-refractivity contribution in [3.8, 4) is 11.8 Å². The van der Waals surface area contributed by atoms with Gasteiger partial charge < -0.3 is 20.1 Å². The first-order chi connectivity index (χ1) is 9.11. The van der Waals surface area contributed by atoms with Crippen LogP contribution in [0, 0.1) is 23.7 Å². The molecule has 0 radical (unpaired) electrons. The number of aliphatic hydroxyl groups is 3. The monoisotopic (exact) mass is 268 g/mol. The Hall–Kier alpha value is -0.600. The smallest absolute Gasteiger partial charge is 0.155 e. The van der Waals surface area contributed by atoms with E-state index < -0.39 is 18.5 Å². The van der Waals surface area contributed by atoms with Gasteiger partial charge in [0.05, 0.1) is 18.1 Å². The van der Waals surface area contributed by atoms with Crippen molar-refractivity contribution in [1.29, 1.82) is 0 Å². The Kier molecular flexibility index (Phi) is 5.23. The van der Waals surface area contributed by atoms with Crippen LogP contribution in [-0.2, 0) is 4.74 Å². The van der Waals surface area contributed by atoms with Crippen LogP contribution < -0.4 is 0 Å². The molecule has 0 amide bonds. The van der Waals surface area contributed by atoms with Crippen LogP contribution in [0.2, 0.25) is 0 Å². The predicted octanol–water partition coefficient (Wildman–Crippen LogP) is 1.04. The van der Waals surface area contributed by atoms with E-state index in [-0.39, 0.29) is 17.9 Å². The van der Waals surface area contributed by atoms with Gasteiger partial charge in [-0.3, -0.25) is 0 Å². The number of hydrogen-bond donors (Lipinski definition) is 3. The lowest BCUT2D eigenvalue weighted by atomic mass is 9.92. The molecule has 0 aromatic carbocycles. The van der Waals surface area contributed by atoms with Crippen LogP contribution in [0.4, 0.5) is 0 Å². The highest BCUT2D eigenvalue weighted by atomic mass is 16.6. The molecule has 19 heavy (non-hydrogen) atoms. The van der Waals surface area contributed by atoms with Gasteiger partial charge in [0, 0.05) is 18.8 Å². The van der Waals surface area contributed by atoms with Crippen LogP contribution in [0.3, 0.4) is 0 Å². The van der Waals surface area contributed by atoms with Gasteiger partial charge in [0.1, 0.15) is 6.10 Å². The molecule has 1 heterocycles. The second-order valence-corrected chi connectivity index (χ2v) is 5.66.